The van der Waals surface area contributed by atoms with Crippen LogP contribution in [0, 0.1) is 0 Å². The van der Waals surface area contributed by atoms with E-state index >= 15 is 0 Å². The first-order valence-corrected chi connectivity index (χ1v) is 7.59. The Morgan fingerprint density at radius 2 is 2.33 bits per heavy atom. The predicted molar refractivity (Wildman–Crippen MR) is 77.2 cm³/mol. The molecule has 0 aliphatic carbocycles. The van der Waals surface area contributed by atoms with Crippen molar-refractivity contribution in [1.82, 2.24) is 9.78 Å². The molecule has 2 aromatic heterocycles. The van der Waals surface area contributed by atoms with Crippen molar-refractivity contribution in [3.05, 3.63) is 23.6 Å². The summed E-state index contributed by atoms with van der Waals surface area (Å²) in [6, 6.07) is 7.54. The third-order valence-electron chi connectivity index (χ3n) is 3.73. The van der Waals surface area contributed by atoms with Crippen molar-refractivity contribution in [3.63, 3.8) is 0 Å². The van der Waals surface area contributed by atoms with E-state index in [-0.39, 0.29) is 0 Å². The molecule has 0 radical (unpaired) electrons. The molecule has 0 spiro atoms. The summed E-state index contributed by atoms with van der Waals surface area (Å²) < 4.78 is 2.18. The van der Waals surface area contributed by atoms with E-state index in [1.54, 1.807) is 11.3 Å². The molecule has 2 aromatic rings. The lowest BCUT2D eigenvalue weighted by Gasteiger charge is -2.31. The van der Waals surface area contributed by atoms with E-state index in [1.807, 2.05) is 0 Å². The number of hydrogen-bond acceptors (Lipinski definition) is 3. The smallest absolute Gasteiger partial charge is 0.125 e. The zero-order valence-corrected chi connectivity index (χ0v) is 11.7. The second-order valence-electron chi connectivity index (χ2n) is 4.88. The van der Waals surface area contributed by atoms with Crippen LogP contribution < -0.4 is 5.32 Å². The first-order valence-electron chi connectivity index (χ1n) is 6.71. The molecule has 96 valence electrons. The molecule has 1 aliphatic rings. The van der Waals surface area contributed by atoms with Gasteiger partial charge in [-0.05, 0) is 30.7 Å². The number of aromatic nitrogens is 2. The van der Waals surface area contributed by atoms with Crippen molar-refractivity contribution < 1.29 is 0 Å². The summed E-state index contributed by atoms with van der Waals surface area (Å²) in [5.41, 5.74) is 1.10. The standard InChI is InChI=1S/C14H19N3S/c1-3-10-8-11(4-2)17-14(15-10)9-12(16-17)13-6-5-7-18-13/h5-7,9-11,15H,3-4,8H2,1-2H3. The van der Waals surface area contributed by atoms with E-state index in [0.29, 0.717) is 12.1 Å². The van der Waals surface area contributed by atoms with Crippen LogP contribution in [-0.4, -0.2) is 15.8 Å². The highest BCUT2D eigenvalue weighted by molar-refractivity contribution is 7.13. The van der Waals surface area contributed by atoms with E-state index < -0.39 is 0 Å². The number of thiophene rings is 1. The summed E-state index contributed by atoms with van der Waals surface area (Å²) in [4.78, 5) is 1.25. The molecule has 0 fully saturated rings. The summed E-state index contributed by atoms with van der Waals surface area (Å²) in [6.45, 7) is 4.50. The van der Waals surface area contributed by atoms with Crippen LogP contribution in [0.3, 0.4) is 0 Å². The maximum Gasteiger partial charge on any atom is 0.125 e. The summed E-state index contributed by atoms with van der Waals surface area (Å²) >= 11 is 1.75. The van der Waals surface area contributed by atoms with Gasteiger partial charge < -0.3 is 5.32 Å². The van der Waals surface area contributed by atoms with Crippen LogP contribution >= 0.6 is 11.3 Å². The summed E-state index contributed by atoms with van der Waals surface area (Å²) in [5, 5.41) is 10.5. The van der Waals surface area contributed by atoms with Crippen molar-refractivity contribution in [2.45, 2.75) is 45.2 Å². The van der Waals surface area contributed by atoms with Gasteiger partial charge in [-0.15, -0.1) is 11.3 Å². The Bertz CT molecular complexity index is 515. The molecular formula is C14H19N3S. The Labute approximate surface area is 112 Å². The van der Waals surface area contributed by atoms with Gasteiger partial charge >= 0.3 is 0 Å². The normalized spacial score (nSPS) is 22.6. The molecule has 1 aliphatic heterocycles. The van der Waals surface area contributed by atoms with E-state index in [1.165, 1.54) is 23.5 Å². The van der Waals surface area contributed by atoms with Gasteiger partial charge in [0, 0.05) is 12.1 Å². The van der Waals surface area contributed by atoms with Crippen molar-refractivity contribution in [2.75, 3.05) is 5.32 Å². The van der Waals surface area contributed by atoms with Crippen LogP contribution in [0.15, 0.2) is 23.6 Å². The molecule has 0 saturated carbocycles. The highest BCUT2D eigenvalue weighted by Crippen LogP contribution is 2.34. The number of hydrogen-bond donors (Lipinski definition) is 1. The minimum Gasteiger partial charge on any atom is -0.367 e. The zero-order chi connectivity index (χ0) is 12.5. The second-order valence-corrected chi connectivity index (χ2v) is 5.83. The van der Waals surface area contributed by atoms with Crippen LogP contribution in [0.1, 0.15) is 39.2 Å². The van der Waals surface area contributed by atoms with Gasteiger partial charge in [0.05, 0.1) is 10.9 Å². The topological polar surface area (TPSA) is 29.9 Å². The Hall–Kier alpha value is -1.29. The fraction of sp³-hybridized carbons (Fsp3) is 0.500. The Kier molecular flexibility index (Phi) is 3.12. The molecule has 2 atom stereocenters. The Balaban J connectivity index is 1.98. The second kappa shape index (κ2) is 4.76. The largest absolute Gasteiger partial charge is 0.367 e. The maximum absolute atomic E-state index is 4.78. The maximum atomic E-state index is 4.78. The lowest BCUT2D eigenvalue weighted by atomic mass is 10.0. The predicted octanol–water partition coefficient (Wildman–Crippen LogP) is 4.16. The van der Waals surface area contributed by atoms with Gasteiger partial charge in [-0.3, -0.25) is 0 Å². The molecule has 2 unspecified atom stereocenters. The molecule has 0 saturated heterocycles. The molecule has 1 N–H and O–H groups in total. The molecule has 18 heavy (non-hydrogen) atoms. The van der Waals surface area contributed by atoms with Crippen molar-refractivity contribution in [1.29, 1.82) is 0 Å². The van der Waals surface area contributed by atoms with Crippen molar-refractivity contribution in [2.24, 2.45) is 0 Å². The van der Waals surface area contributed by atoms with Gasteiger partial charge in [0.2, 0.25) is 0 Å². The van der Waals surface area contributed by atoms with Crippen LogP contribution in [-0.2, 0) is 0 Å². The minimum atomic E-state index is 0.542. The molecule has 0 aromatic carbocycles. The summed E-state index contributed by atoms with van der Waals surface area (Å²) in [6.07, 6.45) is 3.51. The van der Waals surface area contributed by atoms with Gasteiger partial charge in [0.1, 0.15) is 11.5 Å². The van der Waals surface area contributed by atoms with Crippen molar-refractivity contribution >= 4 is 17.2 Å². The molecule has 3 rings (SSSR count). The van der Waals surface area contributed by atoms with Gasteiger partial charge in [-0.25, -0.2) is 4.68 Å². The molecule has 0 amide bonds. The molecule has 3 nitrogen and oxygen atoms in total. The molecule has 3 heterocycles. The third kappa shape index (κ3) is 1.94. The average Bonchev–Trinajstić information content (AvgIpc) is 3.05. The highest BCUT2D eigenvalue weighted by atomic mass is 32.1. The quantitative estimate of drug-likeness (QED) is 0.899. The number of fused-ring (bicyclic) bond motifs is 1. The zero-order valence-electron chi connectivity index (χ0n) is 10.9. The monoisotopic (exact) mass is 261 g/mol. The first kappa shape index (κ1) is 11.8. The Morgan fingerprint density at radius 1 is 1.44 bits per heavy atom. The average molecular weight is 261 g/mol. The number of anilines is 1. The van der Waals surface area contributed by atoms with E-state index in [0.717, 1.165) is 12.1 Å². The first-order chi connectivity index (χ1) is 8.81. The van der Waals surface area contributed by atoms with E-state index in [2.05, 4.69) is 47.4 Å². The van der Waals surface area contributed by atoms with Crippen LogP contribution in [0.2, 0.25) is 0 Å². The van der Waals surface area contributed by atoms with Crippen LogP contribution in [0.5, 0.6) is 0 Å². The third-order valence-corrected chi connectivity index (χ3v) is 4.62. The number of rotatable bonds is 3. The van der Waals surface area contributed by atoms with Gasteiger partial charge in [0.25, 0.3) is 0 Å². The highest BCUT2D eigenvalue weighted by Gasteiger charge is 2.26. The summed E-state index contributed by atoms with van der Waals surface area (Å²) in [5.74, 6) is 1.18. The van der Waals surface area contributed by atoms with E-state index in [9.17, 15) is 0 Å². The minimum absolute atomic E-state index is 0.542. The lowest BCUT2D eigenvalue weighted by molar-refractivity contribution is 0.363. The Morgan fingerprint density at radius 3 is 3.00 bits per heavy atom. The van der Waals surface area contributed by atoms with Crippen molar-refractivity contribution in [3.8, 4) is 10.6 Å². The number of nitrogens with zero attached hydrogens (tertiary/aromatic N) is 2. The van der Waals surface area contributed by atoms with Gasteiger partial charge in [-0.1, -0.05) is 19.9 Å². The number of nitrogens with one attached hydrogen (secondary N) is 1. The lowest BCUT2D eigenvalue weighted by Crippen LogP contribution is -2.31. The van der Waals surface area contributed by atoms with Gasteiger partial charge in [0.15, 0.2) is 0 Å². The molecule has 0 bridgehead atoms. The fourth-order valence-corrected chi connectivity index (χ4v) is 3.31. The van der Waals surface area contributed by atoms with Crippen LogP contribution in [0.25, 0.3) is 10.6 Å². The summed E-state index contributed by atoms with van der Waals surface area (Å²) in [7, 11) is 0. The fourth-order valence-electron chi connectivity index (χ4n) is 2.63. The van der Waals surface area contributed by atoms with E-state index in [4.69, 9.17) is 5.10 Å². The van der Waals surface area contributed by atoms with Gasteiger partial charge in [-0.2, -0.15) is 5.10 Å². The van der Waals surface area contributed by atoms with Crippen LogP contribution in [0.4, 0.5) is 5.82 Å². The molecular weight excluding hydrogens is 242 g/mol. The SMILES string of the molecule is CCC1CC(CC)n2nc(-c3cccs3)cc2N1. The molecule has 4 heteroatoms.